The summed E-state index contributed by atoms with van der Waals surface area (Å²) in [4.78, 5) is 39.9. The molecule has 2 amide bonds. The first-order valence-electron chi connectivity index (χ1n) is 12.9. The van der Waals surface area contributed by atoms with E-state index in [0.29, 0.717) is 42.2 Å². The normalized spacial score (nSPS) is 17.0. The van der Waals surface area contributed by atoms with Crippen LogP contribution in [0.15, 0.2) is 34.2 Å². The Bertz CT molecular complexity index is 1060. The van der Waals surface area contributed by atoms with Crippen LogP contribution in [0.3, 0.4) is 0 Å². The van der Waals surface area contributed by atoms with Gasteiger partial charge in [0.2, 0.25) is 12.3 Å². The van der Waals surface area contributed by atoms with Crippen molar-refractivity contribution < 1.29 is 24.6 Å². The summed E-state index contributed by atoms with van der Waals surface area (Å²) in [7, 11) is 3.72. The highest BCUT2D eigenvalue weighted by Gasteiger charge is 2.34. The molecule has 0 saturated heterocycles. The number of ketones is 1. The first-order valence-corrected chi connectivity index (χ1v) is 14.1. The predicted molar refractivity (Wildman–Crippen MR) is 161 cm³/mol. The maximum atomic E-state index is 13.7. The van der Waals surface area contributed by atoms with Crippen LogP contribution in [0.1, 0.15) is 85.1 Å². The minimum absolute atomic E-state index is 0. The number of carbonyl (C=O) groups excluding carboxylic acids is 3. The Morgan fingerprint density at radius 2 is 1.88 bits per heavy atom. The van der Waals surface area contributed by atoms with Crippen LogP contribution in [0.25, 0.3) is 0 Å². The quantitative estimate of drug-likeness (QED) is 0.347. The van der Waals surface area contributed by atoms with E-state index in [-0.39, 0.29) is 57.6 Å². The van der Waals surface area contributed by atoms with E-state index < -0.39 is 6.04 Å². The Morgan fingerprint density at radius 3 is 2.40 bits per heavy atom. The first-order chi connectivity index (χ1) is 18.0. The third kappa shape index (κ3) is 12.2. The van der Waals surface area contributed by atoms with Crippen molar-refractivity contribution in [2.75, 3.05) is 20.4 Å². The summed E-state index contributed by atoms with van der Waals surface area (Å²) in [5.74, 6) is -1.03. The van der Waals surface area contributed by atoms with Crippen molar-refractivity contribution >= 4 is 29.4 Å². The average molecular weight is 584 g/mol. The molecule has 1 aliphatic carbocycles. The molecule has 9 nitrogen and oxygen atoms in total. The molecule has 40 heavy (non-hydrogen) atoms. The van der Waals surface area contributed by atoms with Crippen LogP contribution >= 0.6 is 11.8 Å². The van der Waals surface area contributed by atoms with Gasteiger partial charge >= 0.3 is 0 Å². The van der Waals surface area contributed by atoms with E-state index in [2.05, 4.69) is 20.8 Å². The highest BCUT2D eigenvalue weighted by Crippen LogP contribution is 2.26. The van der Waals surface area contributed by atoms with Crippen LogP contribution < -0.4 is 10.6 Å². The zero-order valence-corrected chi connectivity index (χ0v) is 23.9. The van der Waals surface area contributed by atoms with Crippen molar-refractivity contribution in [3.05, 3.63) is 41.5 Å². The number of benzene rings is 1. The lowest BCUT2D eigenvalue weighted by Gasteiger charge is -2.32. The van der Waals surface area contributed by atoms with E-state index in [9.17, 15) is 18.8 Å². The lowest BCUT2D eigenvalue weighted by molar-refractivity contribution is -0.131. The van der Waals surface area contributed by atoms with Crippen LogP contribution in [-0.2, 0) is 16.1 Å². The number of rotatable bonds is 10. The van der Waals surface area contributed by atoms with Crippen LogP contribution in [-0.4, -0.2) is 65.1 Å². The number of amides is 2. The highest BCUT2D eigenvalue weighted by atomic mass is 32.2. The largest absolute Gasteiger partial charge is 0.419 e. The van der Waals surface area contributed by atoms with Gasteiger partial charge < -0.3 is 20.0 Å². The van der Waals surface area contributed by atoms with Gasteiger partial charge in [-0.05, 0) is 76.2 Å². The summed E-state index contributed by atoms with van der Waals surface area (Å²) in [5.41, 5.74) is 1.02. The molecule has 0 spiro atoms. The molecule has 1 aromatic carbocycles. The first kappa shape index (κ1) is 37.2. The van der Waals surface area contributed by atoms with E-state index in [1.807, 2.05) is 39.1 Å². The van der Waals surface area contributed by atoms with Crippen molar-refractivity contribution in [1.29, 1.82) is 0 Å². The molecular formula is C29H50FN5O4S. The number of Topliss-reactive ketones (excluding diaryl/α,β-unsaturated/α-hetero) is 1. The van der Waals surface area contributed by atoms with Crippen LogP contribution in [0, 0.1) is 17.7 Å². The van der Waals surface area contributed by atoms with Crippen LogP contribution in [0.5, 0.6) is 0 Å². The Kier molecular flexibility index (Phi) is 17.2. The number of nitrogens with zero attached hydrogens (tertiary/aromatic N) is 3. The molecular weight excluding hydrogens is 533 g/mol. The molecule has 0 bridgehead atoms. The minimum atomic E-state index is -0.505. The van der Waals surface area contributed by atoms with E-state index >= 15 is 0 Å². The number of hydrogen-bond donors (Lipinski definition) is 2. The Hall–Kier alpha value is -2.79. The van der Waals surface area contributed by atoms with Gasteiger partial charge in [0.15, 0.2) is 5.78 Å². The topological polar surface area (TPSA) is 117 Å². The summed E-state index contributed by atoms with van der Waals surface area (Å²) >= 11 is 1.44. The zero-order valence-electron chi connectivity index (χ0n) is 23.1. The molecule has 3 atom stereocenters. The summed E-state index contributed by atoms with van der Waals surface area (Å²) < 4.78 is 18.5. The maximum Gasteiger partial charge on any atom is 0.276 e. The van der Waals surface area contributed by atoms with E-state index in [1.54, 1.807) is 0 Å². The number of aromatic nitrogens is 2. The summed E-state index contributed by atoms with van der Waals surface area (Å²) in [6.07, 6.45) is 6.97. The van der Waals surface area contributed by atoms with Crippen LogP contribution in [0.4, 0.5) is 4.39 Å². The molecule has 228 valence electrons. The molecule has 1 heterocycles. The van der Waals surface area contributed by atoms with Gasteiger partial charge in [-0.15, -0.1) is 10.2 Å². The van der Waals surface area contributed by atoms with Gasteiger partial charge in [-0.25, -0.2) is 4.39 Å². The fraction of sp³-hybridized carbons (Fsp3) is 0.621. The minimum Gasteiger partial charge on any atom is -0.419 e. The molecule has 1 aromatic heterocycles. The smallest absolute Gasteiger partial charge is 0.276 e. The Labute approximate surface area is 244 Å². The van der Waals surface area contributed by atoms with E-state index in [1.165, 1.54) is 43.3 Å². The number of halogens is 1. The number of carbonyl (C=O) groups is 3. The summed E-state index contributed by atoms with van der Waals surface area (Å²) in [6, 6.07) is 3.33. The SMILES string of the molecule is C.C.CC(=O)C(CC(C)C)NC(=O)[C@@H]1CCCC[C@@H]1NC(=O)c1ccc(F)cc1CN(C)C.CSc1nnco1.[HH]. The third-order valence-electron chi connectivity index (χ3n) is 6.25. The Morgan fingerprint density at radius 1 is 1.20 bits per heavy atom. The number of hydrogen-bond acceptors (Lipinski definition) is 8. The Balaban J connectivity index is 0. The molecule has 0 radical (unpaired) electrons. The van der Waals surface area contributed by atoms with Crippen molar-refractivity contribution in [2.24, 2.45) is 11.8 Å². The molecule has 0 aliphatic heterocycles. The lowest BCUT2D eigenvalue weighted by atomic mass is 9.83. The second kappa shape index (κ2) is 18.5. The fourth-order valence-electron chi connectivity index (χ4n) is 4.45. The fourth-order valence-corrected chi connectivity index (χ4v) is 4.72. The lowest BCUT2D eigenvalue weighted by Crippen LogP contribution is -2.51. The predicted octanol–water partition coefficient (Wildman–Crippen LogP) is 5.61. The van der Waals surface area contributed by atoms with Crippen LogP contribution in [0.2, 0.25) is 0 Å². The van der Waals surface area contributed by atoms with Crippen molar-refractivity contribution in [2.45, 2.75) is 91.6 Å². The maximum absolute atomic E-state index is 13.7. The van der Waals surface area contributed by atoms with Gasteiger partial charge in [0.05, 0.1) is 12.0 Å². The van der Waals surface area contributed by atoms with Gasteiger partial charge in [-0.1, -0.05) is 53.3 Å². The van der Waals surface area contributed by atoms with Gasteiger partial charge in [0.25, 0.3) is 11.1 Å². The van der Waals surface area contributed by atoms with Crippen molar-refractivity contribution in [1.82, 2.24) is 25.7 Å². The molecule has 3 rings (SSSR count). The second-order valence-electron chi connectivity index (χ2n) is 10.2. The van der Waals surface area contributed by atoms with E-state index in [4.69, 9.17) is 4.42 Å². The van der Waals surface area contributed by atoms with Gasteiger partial charge in [0.1, 0.15) is 5.82 Å². The summed E-state index contributed by atoms with van der Waals surface area (Å²) in [6.45, 7) is 5.96. The molecule has 2 aromatic rings. The number of thioether (sulfide) groups is 1. The average Bonchev–Trinajstić information content (AvgIpc) is 3.38. The number of nitrogens with one attached hydrogen (secondary N) is 2. The molecule has 2 N–H and O–H groups in total. The molecule has 11 heteroatoms. The summed E-state index contributed by atoms with van der Waals surface area (Å²) in [5, 5.41) is 13.6. The van der Waals surface area contributed by atoms with E-state index in [0.717, 1.165) is 12.8 Å². The van der Waals surface area contributed by atoms with Gasteiger partial charge in [0, 0.05) is 19.6 Å². The molecule has 1 saturated carbocycles. The van der Waals surface area contributed by atoms with Crippen molar-refractivity contribution in [3.8, 4) is 0 Å². The third-order valence-corrected chi connectivity index (χ3v) is 6.77. The van der Waals surface area contributed by atoms with Gasteiger partial charge in [-0.2, -0.15) is 0 Å². The zero-order chi connectivity index (χ0) is 28.2. The molecule has 1 unspecified atom stereocenters. The molecule has 1 fully saturated rings. The van der Waals surface area contributed by atoms with Crippen molar-refractivity contribution in [3.63, 3.8) is 0 Å². The standard InChI is InChI=1S/C24H36FN3O3.C3H4N2OS.2CH4.H2/c1-15(2)12-22(16(3)29)27-24(31)20-8-6-7-9-21(20)26-23(30)19-11-10-18(25)13-17(19)14-28(4)5;1-7-3-5-4-2-6-3;;;/h10-11,13,15,20-22H,6-9,12,14H2,1-5H3,(H,26,30)(H,27,31);2H,1H3;2*1H4;1H/t20-,21+,22?;;;;/m1..../s1. The highest BCUT2D eigenvalue weighted by molar-refractivity contribution is 7.98. The second-order valence-corrected chi connectivity index (χ2v) is 11.0. The monoisotopic (exact) mass is 583 g/mol. The molecule has 1 aliphatic rings. The van der Waals surface area contributed by atoms with Gasteiger partial charge in [-0.3, -0.25) is 14.4 Å².